The van der Waals surface area contributed by atoms with Crippen molar-refractivity contribution < 1.29 is 27.5 Å². The highest BCUT2D eigenvalue weighted by molar-refractivity contribution is 6.00. The lowest BCUT2D eigenvalue weighted by Crippen LogP contribution is -2.32. The van der Waals surface area contributed by atoms with Crippen molar-refractivity contribution in [3.63, 3.8) is 0 Å². The van der Waals surface area contributed by atoms with Gasteiger partial charge in [-0.1, -0.05) is 12.1 Å². The summed E-state index contributed by atoms with van der Waals surface area (Å²) in [5.74, 6) is -1.36. The lowest BCUT2D eigenvalue weighted by Gasteiger charge is -2.18. The fourth-order valence-corrected chi connectivity index (χ4v) is 1.92. The Balaban J connectivity index is 3.06. The molecule has 1 aromatic carbocycles. The van der Waals surface area contributed by atoms with Gasteiger partial charge in [-0.15, -0.1) is 0 Å². The minimum atomic E-state index is -4.55. The molecule has 0 aromatic heterocycles. The smallest absolute Gasteiger partial charge is 0.418 e. The SMILES string of the molecule is CC(=N)/C(NC(=O)COC(C)=O)=C(/C)Nc1ccccc1C(F)(F)F. The number of halogens is 3. The summed E-state index contributed by atoms with van der Waals surface area (Å²) in [7, 11) is 0. The summed E-state index contributed by atoms with van der Waals surface area (Å²) in [6, 6.07) is 4.85. The number of benzene rings is 1. The fraction of sp³-hybridized carbons (Fsp3) is 0.312. The second kappa shape index (κ2) is 8.32. The van der Waals surface area contributed by atoms with Crippen molar-refractivity contribution in [1.82, 2.24) is 5.32 Å². The van der Waals surface area contributed by atoms with Gasteiger partial charge in [0.05, 0.1) is 22.7 Å². The summed E-state index contributed by atoms with van der Waals surface area (Å²) in [5, 5.41) is 12.6. The van der Waals surface area contributed by atoms with Gasteiger partial charge in [-0.2, -0.15) is 13.2 Å². The van der Waals surface area contributed by atoms with Gasteiger partial charge in [0.1, 0.15) is 0 Å². The Morgan fingerprint density at radius 3 is 2.28 bits per heavy atom. The van der Waals surface area contributed by atoms with Crippen LogP contribution in [0.2, 0.25) is 0 Å². The molecule has 1 rings (SSSR count). The number of amides is 1. The average Bonchev–Trinajstić information content (AvgIpc) is 2.49. The van der Waals surface area contributed by atoms with E-state index in [-0.39, 0.29) is 22.8 Å². The van der Waals surface area contributed by atoms with Crippen molar-refractivity contribution in [3.8, 4) is 0 Å². The molecule has 0 fully saturated rings. The van der Waals surface area contributed by atoms with Crippen molar-refractivity contribution in [2.24, 2.45) is 0 Å². The van der Waals surface area contributed by atoms with Crippen LogP contribution in [0.1, 0.15) is 26.3 Å². The molecule has 0 bridgehead atoms. The Hall–Kier alpha value is -2.84. The van der Waals surface area contributed by atoms with E-state index in [1.54, 1.807) is 0 Å². The third kappa shape index (κ3) is 6.28. The number of nitrogens with one attached hydrogen (secondary N) is 3. The van der Waals surface area contributed by atoms with E-state index in [0.29, 0.717) is 0 Å². The topological polar surface area (TPSA) is 91.3 Å². The van der Waals surface area contributed by atoms with Gasteiger partial charge < -0.3 is 20.8 Å². The summed E-state index contributed by atoms with van der Waals surface area (Å²) in [4.78, 5) is 22.4. The maximum Gasteiger partial charge on any atom is 0.418 e. The predicted molar refractivity (Wildman–Crippen MR) is 85.9 cm³/mol. The summed E-state index contributed by atoms with van der Waals surface area (Å²) >= 11 is 0. The van der Waals surface area contributed by atoms with Crippen LogP contribution in [0.25, 0.3) is 0 Å². The van der Waals surface area contributed by atoms with E-state index >= 15 is 0 Å². The Morgan fingerprint density at radius 1 is 1.16 bits per heavy atom. The van der Waals surface area contributed by atoms with E-state index in [1.165, 1.54) is 32.0 Å². The molecule has 9 heteroatoms. The van der Waals surface area contributed by atoms with Gasteiger partial charge in [-0.05, 0) is 26.0 Å². The maximum atomic E-state index is 13.0. The van der Waals surface area contributed by atoms with E-state index < -0.39 is 30.2 Å². The van der Waals surface area contributed by atoms with Crippen molar-refractivity contribution >= 4 is 23.3 Å². The zero-order valence-electron chi connectivity index (χ0n) is 13.9. The van der Waals surface area contributed by atoms with Gasteiger partial charge in [0.25, 0.3) is 5.91 Å². The lowest BCUT2D eigenvalue weighted by molar-refractivity contribution is -0.146. The maximum absolute atomic E-state index is 13.0. The van der Waals surface area contributed by atoms with Crippen molar-refractivity contribution in [2.45, 2.75) is 26.9 Å². The predicted octanol–water partition coefficient (Wildman–Crippen LogP) is 3.07. The first-order valence-electron chi connectivity index (χ1n) is 7.15. The van der Waals surface area contributed by atoms with E-state index in [1.807, 2.05) is 0 Å². The molecule has 0 radical (unpaired) electrons. The molecule has 6 nitrogen and oxygen atoms in total. The first-order valence-corrected chi connectivity index (χ1v) is 7.15. The van der Waals surface area contributed by atoms with Gasteiger partial charge in [-0.3, -0.25) is 9.59 Å². The van der Waals surface area contributed by atoms with Crippen LogP contribution in [0, 0.1) is 5.41 Å². The van der Waals surface area contributed by atoms with E-state index in [2.05, 4.69) is 15.4 Å². The summed E-state index contributed by atoms with van der Waals surface area (Å²) < 4.78 is 43.6. The Morgan fingerprint density at radius 2 is 1.76 bits per heavy atom. The van der Waals surface area contributed by atoms with E-state index in [0.717, 1.165) is 13.0 Å². The second-order valence-electron chi connectivity index (χ2n) is 5.12. The average molecular weight is 357 g/mol. The van der Waals surface area contributed by atoms with Gasteiger partial charge in [-0.25, -0.2) is 0 Å². The molecule has 0 aliphatic rings. The minimum Gasteiger partial charge on any atom is -0.456 e. The molecule has 136 valence electrons. The van der Waals surface area contributed by atoms with Crippen LogP contribution < -0.4 is 10.6 Å². The quantitative estimate of drug-likeness (QED) is 0.539. The normalized spacial score (nSPS) is 12.1. The summed E-state index contributed by atoms with van der Waals surface area (Å²) in [6.07, 6.45) is -4.55. The zero-order valence-corrected chi connectivity index (χ0v) is 13.9. The molecule has 0 spiro atoms. The molecule has 1 amide bonds. The first-order chi connectivity index (χ1) is 11.5. The van der Waals surface area contributed by atoms with Gasteiger partial charge in [0.2, 0.25) is 0 Å². The monoisotopic (exact) mass is 357 g/mol. The van der Waals surface area contributed by atoms with Gasteiger partial charge in [0, 0.05) is 12.6 Å². The molecule has 0 heterocycles. The minimum absolute atomic E-state index is 0.00544. The highest BCUT2D eigenvalue weighted by atomic mass is 19.4. The molecular formula is C16H18F3N3O3. The van der Waals surface area contributed by atoms with Crippen LogP contribution in [0.3, 0.4) is 0 Å². The molecule has 0 aliphatic heterocycles. The van der Waals surface area contributed by atoms with E-state index in [4.69, 9.17) is 5.41 Å². The third-order valence-corrected chi connectivity index (χ3v) is 2.98. The number of carbonyl (C=O) groups excluding carboxylic acids is 2. The number of allylic oxidation sites excluding steroid dienone is 2. The molecule has 1 aromatic rings. The standard InChI is InChI=1S/C16H18F3N3O3/c1-9(20)15(22-14(24)8-25-11(3)23)10(2)21-13-7-5-4-6-12(13)16(17,18)19/h4-7,20-21H,8H2,1-3H3,(H,22,24)/b15-10+,20-9?. The molecule has 0 atom stereocenters. The van der Waals surface area contributed by atoms with Crippen molar-refractivity contribution in [1.29, 1.82) is 5.41 Å². The number of alkyl halides is 3. The van der Waals surface area contributed by atoms with Crippen molar-refractivity contribution in [2.75, 3.05) is 11.9 Å². The fourth-order valence-electron chi connectivity index (χ4n) is 1.92. The number of rotatable bonds is 6. The third-order valence-electron chi connectivity index (χ3n) is 2.98. The van der Waals surface area contributed by atoms with Gasteiger partial charge in [0.15, 0.2) is 6.61 Å². The second-order valence-corrected chi connectivity index (χ2v) is 5.12. The number of esters is 1. The molecule has 0 saturated heterocycles. The Labute approximate surface area is 142 Å². The molecule has 0 saturated carbocycles. The van der Waals surface area contributed by atoms with Crippen LogP contribution in [-0.4, -0.2) is 24.2 Å². The Kier molecular flexibility index (Phi) is 6.72. The number of anilines is 1. The zero-order chi connectivity index (χ0) is 19.2. The molecular weight excluding hydrogens is 339 g/mol. The van der Waals surface area contributed by atoms with Crippen LogP contribution in [0.4, 0.5) is 18.9 Å². The lowest BCUT2D eigenvalue weighted by atomic mass is 10.1. The molecule has 3 N–H and O–H groups in total. The summed E-state index contributed by atoms with van der Waals surface area (Å²) in [5.41, 5.74) is -1.02. The van der Waals surface area contributed by atoms with Crippen molar-refractivity contribution in [3.05, 3.63) is 41.2 Å². The number of hydrogen-bond acceptors (Lipinski definition) is 5. The first kappa shape index (κ1) is 20.2. The van der Waals surface area contributed by atoms with Crippen LogP contribution >= 0.6 is 0 Å². The number of carbonyl (C=O) groups is 2. The highest BCUT2D eigenvalue weighted by Gasteiger charge is 2.33. The van der Waals surface area contributed by atoms with Crippen LogP contribution in [-0.2, 0) is 20.5 Å². The number of hydrogen-bond donors (Lipinski definition) is 3. The molecule has 0 unspecified atom stereocenters. The largest absolute Gasteiger partial charge is 0.456 e. The number of para-hydroxylation sites is 1. The molecule has 25 heavy (non-hydrogen) atoms. The van der Waals surface area contributed by atoms with E-state index in [9.17, 15) is 22.8 Å². The van der Waals surface area contributed by atoms with Crippen LogP contribution in [0.5, 0.6) is 0 Å². The number of ether oxygens (including phenoxy) is 1. The summed E-state index contributed by atoms with van der Waals surface area (Å²) in [6.45, 7) is 3.36. The van der Waals surface area contributed by atoms with Gasteiger partial charge >= 0.3 is 12.1 Å². The molecule has 0 aliphatic carbocycles. The Bertz CT molecular complexity index is 712. The van der Waals surface area contributed by atoms with Crippen LogP contribution in [0.15, 0.2) is 35.7 Å². The highest BCUT2D eigenvalue weighted by Crippen LogP contribution is 2.35.